The van der Waals surface area contributed by atoms with Crippen LogP contribution in [0.1, 0.15) is 0 Å². The van der Waals surface area contributed by atoms with Crippen molar-refractivity contribution in [2.75, 3.05) is 31.7 Å². The summed E-state index contributed by atoms with van der Waals surface area (Å²) in [7, 11) is 0. The number of hydrogen-bond acceptors (Lipinski definition) is 3. The molecule has 0 saturated carbocycles. The van der Waals surface area contributed by atoms with Crippen molar-refractivity contribution in [3.05, 3.63) is 29.8 Å². The quantitative estimate of drug-likeness (QED) is 0.819. The van der Waals surface area contributed by atoms with Crippen LogP contribution >= 0.6 is 0 Å². The van der Waals surface area contributed by atoms with Crippen LogP contribution in [0.4, 0.5) is 14.5 Å². The Balaban J connectivity index is 1.99. The molecule has 0 amide bonds. The molecule has 0 bridgehead atoms. The minimum absolute atomic E-state index is 0.0111. The van der Waals surface area contributed by atoms with Gasteiger partial charge in [0.15, 0.2) is 0 Å². The molecule has 2 rings (SSSR count). The maximum atomic E-state index is 13.3. The molecule has 0 aromatic heterocycles. The first-order valence-electron chi connectivity index (χ1n) is 5.03. The molecule has 1 aromatic rings. The van der Waals surface area contributed by atoms with Gasteiger partial charge in [-0.25, -0.2) is 8.78 Å². The first-order valence-corrected chi connectivity index (χ1v) is 5.03. The second-order valence-electron chi connectivity index (χ2n) is 4.13. The zero-order valence-corrected chi connectivity index (χ0v) is 8.67. The van der Waals surface area contributed by atoms with Crippen molar-refractivity contribution in [3.8, 4) is 0 Å². The fourth-order valence-electron chi connectivity index (χ4n) is 1.56. The predicted molar refractivity (Wildman–Crippen MR) is 55.2 cm³/mol. The summed E-state index contributed by atoms with van der Waals surface area (Å²) in [6.07, 6.45) is 0. The average Bonchev–Trinajstić information content (AvgIpc) is 2.19. The van der Waals surface area contributed by atoms with E-state index in [1.807, 2.05) is 0 Å². The molecule has 1 aliphatic rings. The predicted octanol–water partition coefficient (Wildman–Crippen LogP) is 1.39. The molecule has 1 aliphatic heterocycles. The van der Waals surface area contributed by atoms with Crippen LogP contribution in [0.3, 0.4) is 0 Å². The van der Waals surface area contributed by atoms with Crippen LogP contribution in [-0.4, -0.2) is 31.5 Å². The van der Waals surface area contributed by atoms with E-state index >= 15 is 0 Å². The fraction of sp³-hybridized carbons (Fsp3) is 0.455. The summed E-state index contributed by atoms with van der Waals surface area (Å²) in [5.74, 6) is -1.24. The summed E-state index contributed by atoms with van der Waals surface area (Å²) in [5, 5.41) is 12.0. The molecule has 88 valence electrons. The lowest BCUT2D eigenvalue weighted by atomic mass is 9.87. The first kappa shape index (κ1) is 11.3. The van der Waals surface area contributed by atoms with Crippen molar-refractivity contribution < 1.29 is 18.6 Å². The summed E-state index contributed by atoms with van der Waals surface area (Å²) in [5.41, 5.74) is -0.0954. The van der Waals surface area contributed by atoms with Gasteiger partial charge in [0, 0.05) is 12.6 Å². The molecule has 3 nitrogen and oxygen atoms in total. The summed E-state index contributed by atoms with van der Waals surface area (Å²) in [6, 6.07) is 3.36. The second-order valence-corrected chi connectivity index (χ2v) is 4.13. The van der Waals surface area contributed by atoms with E-state index in [1.54, 1.807) is 0 Å². The van der Waals surface area contributed by atoms with E-state index in [9.17, 15) is 8.78 Å². The van der Waals surface area contributed by atoms with Gasteiger partial charge in [-0.15, -0.1) is 0 Å². The molecule has 16 heavy (non-hydrogen) atoms. The number of hydrogen-bond donors (Lipinski definition) is 2. The lowest BCUT2D eigenvalue weighted by molar-refractivity contribution is -0.128. The van der Waals surface area contributed by atoms with E-state index in [0.717, 1.165) is 6.07 Å². The Morgan fingerprint density at radius 1 is 1.38 bits per heavy atom. The molecular weight excluding hydrogens is 216 g/mol. The highest BCUT2D eigenvalue weighted by Crippen LogP contribution is 2.27. The van der Waals surface area contributed by atoms with E-state index in [0.29, 0.717) is 19.8 Å². The number of benzene rings is 1. The summed E-state index contributed by atoms with van der Waals surface area (Å²) in [6.45, 7) is 1.31. The number of ether oxygens (including phenoxy) is 1. The Labute approximate surface area is 92.0 Å². The molecule has 0 unspecified atom stereocenters. The topological polar surface area (TPSA) is 41.5 Å². The molecule has 1 fully saturated rings. The smallest absolute Gasteiger partial charge is 0.149 e. The second kappa shape index (κ2) is 4.35. The zero-order valence-electron chi connectivity index (χ0n) is 8.67. The highest BCUT2D eigenvalue weighted by atomic mass is 19.1. The van der Waals surface area contributed by atoms with E-state index in [1.165, 1.54) is 12.1 Å². The molecule has 2 N–H and O–H groups in total. The van der Waals surface area contributed by atoms with E-state index in [4.69, 9.17) is 9.84 Å². The first-order chi connectivity index (χ1) is 7.65. The third kappa shape index (κ3) is 2.15. The fourth-order valence-corrected chi connectivity index (χ4v) is 1.56. The molecule has 0 radical (unpaired) electrons. The lowest BCUT2D eigenvalue weighted by Gasteiger charge is -2.40. The molecule has 0 atom stereocenters. The molecule has 5 heteroatoms. The molecule has 1 heterocycles. The van der Waals surface area contributed by atoms with Gasteiger partial charge in [-0.1, -0.05) is 0 Å². The molecule has 1 saturated heterocycles. The minimum atomic E-state index is -0.631. The largest absolute Gasteiger partial charge is 0.396 e. The van der Waals surface area contributed by atoms with Crippen LogP contribution < -0.4 is 5.32 Å². The standard InChI is InChI=1S/C11H13F2NO2/c12-8-1-2-10(9(13)3-8)14-4-11(5-15)6-16-7-11/h1-3,14-15H,4-7H2. The Morgan fingerprint density at radius 3 is 2.62 bits per heavy atom. The lowest BCUT2D eigenvalue weighted by Crippen LogP contribution is -2.50. The number of nitrogens with one attached hydrogen (secondary N) is 1. The van der Waals surface area contributed by atoms with Crippen molar-refractivity contribution in [2.45, 2.75) is 0 Å². The number of halogens is 2. The Bertz CT molecular complexity index is 375. The number of anilines is 1. The van der Waals surface area contributed by atoms with Crippen molar-refractivity contribution in [2.24, 2.45) is 5.41 Å². The van der Waals surface area contributed by atoms with Gasteiger partial charge < -0.3 is 15.2 Å². The van der Waals surface area contributed by atoms with Crippen LogP contribution in [0, 0.1) is 17.0 Å². The van der Waals surface area contributed by atoms with Crippen molar-refractivity contribution in [3.63, 3.8) is 0 Å². The van der Waals surface area contributed by atoms with Gasteiger partial charge in [-0.2, -0.15) is 0 Å². The monoisotopic (exact) mass is 229 g/mol. The van der Waals surface area contributed by atoms with Gasteiger partial charge in [-0.3, -0.25) is 0 Å². The van der Waals surface area contributed by atoms with Crippen molar-refractivity contribution in [1.29, 1.82) is 0 Å². The van der Waals surface area contributed by atoms with E-state index < -0.39 is 11.6 Å². The SMILES string of the molecule is OCC1(CNc2ccc(F)cc2F)COC1. The van der Waals surface area contributed by atoms with Crippen LogP contribution in [-0.2, 0) is 4.74 Å². The zero-order chi connectivity index (χ0) is 11.6. The van der Waals surface area contributed by atoms with Gasteiger partial charge in [-0.05, 0) is 12.1 Å². The van der Waals surface area contributed by atoms with Crippen LogP contribution in [0.2, 0.25) is 0 Å². The third-order valence-electron chi connectivity index (χ3n) is 2.74. The Hall–Kier alpha value is -1.20. The molecule has 0 aliphatic carbocycles. The van der Waals surface area contributed by atoms with Crippen LogP contribution in [0.15, 0.2) is 18.2 Å². The van der Waals surface area contributed by atoms with Crippen molar-refractivity contribution >= 4 is 5.69 Å². The normalized spacial score (nSPS) is 17.9. The highest BCUT2D eigenvalue weighted by molar-refractivity contribution is 5.44. The molecule has 0 spiro atoms. The summed E-state index contributed by atoms with van der Waals surface area (Å²) >= 11 is 0. The summed E-state index contributed by atoms with van der Waals surface area (Å²) < 4.78 is 30.9. The number of aliphatic hydroxyl groups is 1. The molecular formula is C11H13F2NO2. The van der Waals surface area contributed by atoms with E-state index in [-0.39, 0.29) is 17.7 Å². The van der Waals surface area contributed by atoms with E-state index in [2.05, 4.69) is 5.32 Å². The maximum Gasteiger partial charge on any atom is 0.149 e. The minimum Gasteiger partial charge on any atom is -0.396 e. The Kier molecular flexibility index (Phi) is 3.07. The van der Waals surface area contributed by atoms with Gasteiger partial charge in [0.2, 0.25) is 0 Å². The average molecular weight is 229 g/mol. The van der Waals surface area contributed by atoms with Gasteiger partial charge in [0.1, 0.15) is 11.6 Å². The highest BCUT2D eigenvalue weighted by Gasteiger charge is 2.37. The maximum absolute atomic E-state index is 13.3. The Morgan fingerprint density at radius 2 is 2.12 bits per heavy atom. The number of rotatable bonds is 4. The van der Waals surface area contributed by atoms with Crippen LogP contribution in [0.5, 0.6) is 0 Å². The van der Waals surface area contributed by atoms with Gasteiger partial charge >= 0.3 is 0 Å². The van der Waals surface area contributed by atoms with Crippen molar-refractivity contribution in [1.82, 2.24) is 0 Å². The van der Waals surface area contributed by atoms with Gasteiger partial charge in [0.05, 0.1) is 30.9 Å². The molecule has 1 aromatic carbocycles. The van der Waals surface area contributed by atoms with Gasteiger partial charge in [0.25, 0.3) is 0 Å². The number of aliphatic hydroxyl groups excluding tert-OH is 1. The van der Waals surface area contributed by atoms with Crippen LogP contribution in [0.25, 0.3) is 0 Å². The summed E-state index contributed by atoms with van der Waals surface area (Å²) in [4.78, 5) is 0. The third-order valence-corrected chi connectivity index (χ3v) is 2.74.